The fourth-order valence-electron chi connectivity index (χ4n) is 1.64. The Labute approximate surface area is 140 Å². The van der Waals surface area contributed by atoms with Crippen LogP contribution >= 0.6 is 22.6 Å². The number of benzene rings is 2. The van der Waals surface area contributed by atoms with Crippen molar-refractivity contribution in [3.05, 3.63) is 63.2 Å². The van der Waals surface area contributed by atoms with Gasteiger partial charge in [-0.25, -0.2) is 4.79 Å². The van der Waals surface area contributed by atoms with Gasteiger partial charge in [-0.1, -0.05) is 12.1 Å². The third-order valence-corrected chi connectivity index (χ3v) is 3.46. The molecule has 0 radical (unpaired) electrons. The molecule has 0 bridgehead atoms. The molecule has 5 nitrogen and oxygen atoms in total. The van der Waals surface area contributed by atoms with Crippen molar-refractivity contribution in [2.75, 3.05) is 11.9 Å². The van der Waals surface area contributed by atoms with Gasteiger partial charge in [0.15, 0.2) is 6.61 Å². The van der Waals surface area contributed by atoms with Crippen LogP contribution in [0.2, 0.25) is 0 Å². The zero-order valence-corrected chi connectivity index (χ0v) is 13.6. The molecular weight excluding hydrogens is 397 g/mol. The number of halogens is 1. The summed E-state index contributed by atoms with van der Waals surface area (Å²) in [4.78, 5) is 34.0. The lowest BCUT2D eigenvalue weighted by Gasteiger charge is -2.07. The summed E-state index contributed by atoms with van der Waals surface area (Å²) in [6.45, 7) is -0.375. The average molecular weight is 409 g/mol. The molecule has 0 saturated carbocycles. The van der Waals surface area contributed by atoms with Gasteiger partial charge < -0.3 is 10.1 Å². The molecule has 2 aromatic carbocycles. The van der Waals surface area contributed by atoms with Gasteiger partial charge in [-0.3, -0.25) is 9.59 Å². The Kier molecular flexibility index (Phi) is 5.65. The zero-order chi connectivity index (χ0) is 15.9. The number of carbonyl (C=O) groups is 3. The summed E-state index contributed by atoms with van der Waals surface area (Å²) < 4.78 is 5.97. The van der Waals surface area contributed by atoms with Gasteiger partial charge in [0.25, 0.3) is 5.91 Å². The van der Waals surface area contributed by atoms with Crippen molar-refractivity contribution in [3.63, 3.8) is 0 Å². The van der Waals surface area contributed by atoms with Gasteiger partial charge in [-0.2, -0.15) is 0 Å². The van der Waals surface area contributed by atoms with Crippen molar-refractivity contribution < 1.29 is 19.1 Å². The first-order chi connectivity index (χ1) is 10.6. The SMILES string of the molecule is O=Cc1ccc(C(=O)OCC(=O)Nc2ccc(I)cc2)cc1. The van der Waals surface area contributed by atoms with Gasteiger partial charge in [-0.15, -0.1) is 0 Å². The number of anilines is 1. The maximum atomic E-state index is 11.8. The third kappa shape index (κ3) is 4.66. The average Bonchev–Trinajstić information content (AvgIpc) is 2.55. The molecule has 0 fully saturated rings. The number of hydrogen-bond donors (Lipinski definition) is 1. The highest BCUT2D eigenvalue weighted by Gasteiger charge is 2.10. The Morgan fingerprint density at radius 2 is 1.68 bits per heavy atom. The normalized spacial score (nSPS) is 9.86. The van der Waals surface area contributed by atoms with Gasteiger partial charge in [0, 0.05) is 14.8 Å². The Bertz CT molecular complexity index is 680. The fraction of sp³-hybridized carbons (Fsp3) is 0.0625. The number of aldehydes is 1. The molecule has 1 N–H and O–H groups in total. The van der Waals surface area contributed by atoms with E-state index in [0.717, 1.165) is 3.57 Å². The second kappa shape index (κ2) is 7.69. The Morgan fingerprint density at radius 1 is 1.05 bits per heavy atom. The highest BCUT2D eigenvalue weighted by Crippen LogP contribution is 2.11. The van der Waals surface area contributed by atoms with Crippen molar-refractivity contribution in [1.29, 1.82) is 0 Å². The highest BCUT2D eigenvalue weighted by molar-refractivity contribution is 14.1. The molecule has 1 amide bonds. The quantitative estimate of drug-likeness (QED) is 0.469. The van der Waals surface area contributed by atoms with E-state index in [4.69, 9.17) is 4.74 Å². The van der Waals surface area contributed by atoms with Crippen molar-refractivity contribution in [3.8, 4) is 0 Å². The first kappa shape index (κ1) is 16.2. The predicted molar refractivity (Wildman–Crippen MR) is 89.9 cm³/mol. The summed E-state index contributed by atoms with van der Waals surface area (Å²) in [5, 5.41) is 2.63. The van der Waals surface area contributed by atoms with Crippen LogP contribution in [0.15, 0.2) is 48.5 Å². The molecule has 22 heavy (non-hydrogen) atoms. The lowest BCUT2D eigenvalue weighted by Crippen LogP contribution is -2.20. The summed E-state index contributed by atoms with van der Waals surface area (Å²) in [6.07, 6.45) is 0.684. The van der Waals surface area contributed by atoms with E-state index in [0.29, 0.717) is 17.5 Å². The number of nitrogens with one attached hydrogen (secondary N) is 1. The van der Waals surface area contributed by atoms with E-state index in [1.165, 1.54) is 24.3 Å². The lowest BCUT2D eigenvalue weighted by molar-refractivity contribution is -0.119. The number of carbonyl (C=O) groups excluding carboxylic acids is 3. The molecule has 0 saturated heterocycles. The molecule has 0 heterocycles. The number of esters is 1. The van der Waals surface area contributed by atoms with E-state index in [1.807, 2.05) is 12.1 Å². The van der Waals surface area contributed by atoms with E-state index in [2.05, 4.69) is 27.9 Å². The maximum Gasteiger partial charge on any atom is 0.338 e. The van der Waals surface area contributed by atoms with E-state index < -0.39 is 11.9 Å². The second-order valence-corrected chi connectivity index (χ2v) is 5.62. The third-order valence-electron chi connectivity index (χ3n) is 2.74. The highest BCUT2D eigenvalue weighted by atomic mass is 127. The van der Waals surface area contributed by atoms with Crippen LogP contribution in [0, 0.1) is 3.57 Å². The van der Waals surface area contributed by atoms with Crippen LogP contribution in [0.5, 0.6) is 0 Å². The van der Waals surface area contributed by atoms with Crippen LogP contribution in [0.1, 0.15) is 20.7 Å². The molecule has 0 aliphatic heterocycles. The predicted octanol–water partition coefficient (Wildman–Crippen LogP) is 2.90. The van der Waals surface area contributed by atoms with Gasteiger partial charge in [-0.05, 0) is 59.0 Å². The molecule has 0 atom stereocenters. The minimum atomic E-state index is -0.616. The molecule has 2 rings (SSSR count). The molecular formula is C16H12INO4. The minimum absolute atomic E-state index is 0.285. The molecule has 2 aromatic rings. The van der Waals surface area contributed by atoms with Gasteiger partial charge in [0.1, 0.15) is 6.29 Å². The van der Waals surface area contributed by atoms with Gasteiger partial charge in [0.05, 0.1) is 5.56 Å². The standard InChI is InChI=1S/C16H12INO4/c17-13-5-7-14(8-6-13)18-15(20)10-22-16(21)12-3-1-11(9-19)2-4-12/h1-9H,10H2,(H,18,20). The first-order valence-electron chi connectivity index (χ1n) is 6.36. The van der Waals surface area contributed by atoms with Crippen LogP contribution in [-0.4, -0.2) is 24.8 Å². The lowest BCUT2D eigenvalue weighted by atomic mass is 10.1. The summed E-state index contributed by atoms with van der Waals surface area (Å²) in [6, 6.07) is 13.2. The smallest absolute Gasteiger partial charge is 0.338 e. The van der Waals surface area contributed by atoms with Gasteiger partial charge in [0.2, 0.25) is 0 Å². The van der Waals surface area contributed by atoms with E-state index in [9.17, 15) is 14.4 Å². The molecule has 0 unspecified atom stereocenters. The largest absolute Gasteiger partial charge is 0.452 e. The topological polar surface area (TPSA) is 72.5 Å². The van der Waals surface area contributed by atoms with E-state index in [1.54, 1.807) is 12.1 Å². The molecule has 0 spiro atoms. The molecule has 0 aliphatic carbocycles. The minimum Gasteiger partial charge on any atom is -0.452 e. The summed E-state index contributed by atoms with van der Waals surface area (Å²) in [5.41, 5.74) is 1.39. The number of amides is 1. The monoisotopic (exact) mass is 409 g/mol. The number of ether oxygens (including phenoxy) is 1. The Hall–Kier alpha value is -2.22. The fourth-order valence-corrected chi connectivity index (χ4v) is 2.00. The Morgan fingerprint density at radius 3 is 2.27 bits per heavy atom. The summed E-state index contributed by atoms with van der Waals surface area (Å²) >= 11 is 2.16. The van der Waals surface area contributed by atoms with Gasteiger partial charge >= 0.3 is 5.97 Å². The first-order valence-corrected chi connectivity index (χ1v) is 7.44. The molecule has 112 valence electrons. The van der Waals surface area contributed by atoms with E-state index >= 15 is 0 Å². The van der Waals surface area contributed by atoms with Crippen molar-refractivity contribution >= 4 is 46.4 Å². The molecule has 0 aliphatic rings. The second-order valence-electron chi connectivity index (χ2n) is 4.37. The van der Waals surface area contributed by atoms with Crippen LogP contribution < -0.4 is 5.32 Å². The van der Waals surface area contributed by atoms with E-state index in [-0.39, 0.29) is 12.2 Å². The number of hydrogen-bond acceptors (Lipinski definition) is 4. The van der Waals surface area contributed by atoms with Crippen molar-refractivity contribution in [2.24, 2.45) is 0 Å². The maximum absolute atomic E-state index is 11.8. The Balaban J connectivity index is 1.85. The van der Waals surface area contributed by atoms with Crippen molar-refractivity contribution in [1.82, 2.24) is 0 Å². The molecule has 0 aromatic heterocycles. The zero-order valence-electron chi connectivity index (χ0n) is 11.4. The van der Waals surface area contributed by atoms with Crippen molar-refractivity contribution in [2.45, 2.75) is 0 Å². The van der Waals surface area contributed by atoms with Crippen LogP contribution in [-0.2, 0) is 9.53 Å². The summed E-state index contributed by atoms with van der Waals surface area (Å²) in [5.74, 6) is -1.03. The van der Waals surface area contributed by atoms with Crippen LogP contribution in [0.3, 0.4) is 0 Å². The number of rotatable bonds is 5. The van der Waals surface area contributed by atoms with Crippen LogP contribution in [0.25, 0.3) is 0 Å². The summed E-state index contributed by atoms with van der Waals surface area (Å²) in [7, 11) is 0. The molecule has 6 heteroatoms. The van der Waals surface area contributed by atoms with Crippen LogP contribution in [0.4, 0.5) is 5.69 Å².